The Balaban J connectivity index is 2.80. The van der Waals surface area contributed by atoms with E-state index in [9.17, 15) is 5.11 Å². The van der Waals surface area contributed by atoms with E-state index in [1.54, 1.807) is 0 Å². The highest BCUT2D eigenvalue weighted by atomic mass is 32.9. The SMILES string of the molecule is CCOP(=S)(OCC)SC(CO)c1ccccc1. The molecule has 0 saturated heterocycles. The van der Waals surface area contributed by atoms with Crippen LogP contribution in [0.1, 0.15) is 24.7 Å². The highest BCUT2D eigenvalue weighted by Crippen LogP contribution is 2.65. The second-order valence-corrected chi connectivity index (χ2v) is 9.87. The number of benzene rings is 1. The molecule has 0 amide bonds. The molecule has 0 aliphatic rings. The van der Waals surface area contributed by atoms with Crippen LogP contribution in [0, 0.1) is 0 Å². The van der Waals surface area contributed by atoms with E-state index in [2.05, 4.69) is 0 Å². The van der Waals surface area contributed by atoms with E-state index in [0.717, 1.165) is 5.56 Å². The van der Waals surface area contributed by atoms with Crippen LogP contribution in [0.15, 0.2) is 30.3 Å². The standard InChI is InChI=1S/C12H19O3PS2/c1-3-14-16(17,15-4-2)18-12(10-13)11-8-6-5-7-9-11/h5-9,12-13H,3-4,10H2,1-2H3. The maximum Gasteiger partial charge on any atom is 0.247 e. The molecule has 6 heteroatoms. The summed E-state index contributed by atoms with van der Waals surface area (Å²) in [5, 5.41) is 9.42. The molecule has 102 valence electrons. The molecule has 0 spiro atoms. The first kappa shape index (κ1) is 16.2. The van der Waals surface area contributed by atoms with Crippen LogP contribution in [0.25, 0.3) is 0 Å². The molecular weight excluding hydrogens is 287 g/mol. The summed E-state index contributed by atoms with van der Waals surface area (Å²) >= 11 is 6.89. The molecule has 18 heavy (non-hydrogen) atoms. The molecule has 0 aromatic heterocycles. The van der Waals surface area contributed by atoms with E-state index in [-0.39, 0.29) is 11.9 Å². The molecule has 0 aliphatic carbocycles. The van der Waals surface area contributed by atoms with Crippen molar-refractivity contribution in [3.8, 4) is 0 Å². The van der Waals surface area contributed by atoms with Crippen LogP contribution in [-0.4, -0.2) is 24.9 Å². The fourth-order valence-corrected chi connectivity index (χ4v) is 6.99. The Kier molecular flexibility index (Phi) is 7.46. The first-order valence-corrected chi connectivity index (χ1v) is 10.0. The van der Waals surface area contributed by atoms with Crippen molar-refractivity contribution in [1.29, 1.82) is 0 Å². The van der Waals surface area contributed by atoms with Crippen LogP contribution >= 0.6 is 17.1 Å². The summed E-state index contributed by atoms with van der Waals surface area (Å²) < 4.78 is 11.2. The molecule has 1 N–H and O–H groups in total. The van der Waals surface area contributed by atoms with Gasteiger partial charge >= 0.3 is 0 Å². The Morgan fingerprint density at radius 2 is 1.78 bits per heavy atom. The van der Waals surface area contributed by atoms with Gasteiger partial charge in [0.15, 0.2) is 0 Å². The Bertz CT molecular complexity index is 376. The molecule has 1 aromatic rings. The van der Waals surface area contributed by atoms with E-state index in [0.29, 0.717) is 13.2 Å². The molecule has 1 atom stereocenters. The molecule has 0 aliphatic heterocycles. The molecule has 0 bridgehead atoms. The Morgan fingerprint density at radius 3 is 2.22 bits per heavy atom. The lowest BCUT2D eigenvalue weighted by Gasteiger charge is -2.24. The monoisotopic (exact) mass is 306 g/mol. The molecule has 1 rings (SSSR count). The smallest absolute Gasteiger partial charge is 0.247 e. The second kappa shape index (κ2) is 8.31. The van der Waals surface area contributed by atoms with E-state index in [1.807, 2.05) is 44.2 Å². The maximum absolute atomic E-state index is 9.52. The molecular formula is C12H19O3PS2. The van der Waals surface area contributed by atoms with Gasteiger partial charge < -0.3 is 14.2 Å². The fraction of sp³-hybridized carbons (Fsp3) is 0.500. The third-order valence-corrected chi connectivity index (χ3v) is 7.83. The zero-order chi connectivity index (χ0) is 13.4. The van der Waals surface area contributed by atoms with Crippen LogP contribution < -0.4 is 0 Å². The van der Waals surface area contributed by atoms with Crippen LogP contribution in [0.4, 0.5) is 0 Å². The topological polar surface area (TPSA) is 38.7 Å². The van der Waals surface area contributed by atoms with Gasteiger partial charge in [-0.15, -0.1) is 0 Å². The van der Waals surface area contributed by atoms with Crippen molar-refractivity contribution >= 4 is 28.9 Å². The lowest BCUT2D eigenvalue weighted by atomic mass is 10.2. The van der Waals surface area contributed by atoms with Crippen LogP contribution in [0.5, 0.6) is 0 Å². The van der Waals surface area contributed by atoms with Crippen LogP contribution in [-0.2, 0) is 20.9 Å². The van der Waals surface area contributed by atoms with Gasteiger partial charge in [-0.2, -0.15) is 0 Å². The predicted octanol–water partition coefficient (Wildman–Crippen LogP) is 3.75. The third-order valence-electron chi connectivity index (χ3n) is 2.17. The van der Waals surface area contributed by atoms with Gasteiger partial charge in [0.05, 0.1) is 25.1 Å². The number of rotatable bonds is 8. The first-order valence-electron chi connectivity index (χ1n) is 5.88. The molecule has 1 unspecified atom stereocenters. The molecule has 0 heterocycles. The number of aliphatic hydroxyl groups is 1. The van der Waals surface area contributed by atoms with E-state index in [1.165, 1.54) is 11.4 Å². The highest BCUT2D eigenvalue weighted by molar-refractivity contribution is 8.68. The van der Waals surface area contributed by atoms with Gasteiger partial charge in [0.25, 0.3) is 0 Å². The van der Waals surface area contributed by atoms with Crippen molar-refractivity contribution in [2.75, 3.05) is 19.8 Å². The normalized spacial score (nSPS) is 13.5. The molecule has 1 aromatic carbocycles. The zero-order valence-corrected chi connectivity index (χ0v) is 13.1. The molecule has 0 radical (unpaired) electrons. The minimum atomic E-state index is -2.37. The van der Waals surface area contributed by atoms with Crippen molar-refractivity contribution < 1.29 is 14.2 Å². The predicted molar refractivity (Wildman–Crippen MR) is 81.4 cm³/mol. The Hall–Kier alpha value is 0.1000. The van der Waals surface area contributed by atoms with Gasteiger partial charge in [0.1, 0.15) is 0 Å². The third kappa shape index (κ3) is 5.00. The Labute approximate surface area is 118 Å². The summed E-state index contributed by atoms with van der Waals surface area (Å²) in [5.41, 5.74) is -1.33. The van der Waals surface area contributed by atoms with Crippen LogP contribution in [0.3, 0.4) is 0 Å². The zero-order valence-electron chi connectivity index (χ0n) is 10.6. The lowest BCUT2D eigenvalue weighted by molar-refractivity contribution is 0.278. The van der Waals surface area contributed by atoms with E-state index < -0.39 is 5.69 Å². The van der Waals surface area contributed by atoms with E-state index >= 15 is 0 Å². The number of hydrogen-bond donors (Lipinski definition) is 1. The quantitative estimate of drug-likeness (QED) is 0.741. The van der Waals surface area contributed by atoms with Gasteiger partial charge in [0, 0.05) is 0 Å². The van der Waals surface area contributed by atoms with Crippen molar-refractivity contribution in [1.82, 2.24) is 0 Å². The summed E-state index contributed by atoms with van der Waals surface area (Å²) in [6.45, 7) is 4.87. The van der Waals surface area contributed by atoms with Gasteiger partial charge in [0.2, 0.25) is 5.69 Å². The molecule has 3 nitrogen and oxygen atoms in total. The first-order chi connectivity index (χ1) is 8.65. The summed E-state index contributed by atoms with van der Waals surface area (Å²) in [6, 6.07) is 9.80. The minimum absolute atomic E-state index is 0.0211. The van der Waals surface area contributed by atoms with Crippen molar-refractivity contribution in [2.45, 2.75) is 19.1 Å². The highest BCUT2D eigenvalue weighted by Gasteiger charge is 2.25. The summed E-state index contributed by atoms with van der Waals surface area (Å²) in [5.74, 6) is 0. The molecule has 0 saturated carbocycles. The van der Waals surface area contributed by atoms with Gasteiger partial charge in [-0.3, -0.25) is 0 Å². The van der Waals surface area contributed by atoms with Gasteiger partial charge in [-0.1, -0.05) is 41.7 Å². The van der Waals surface area contributed by atoms with Crippen molar-refractivity contribution in [3.05, 3.63) is 35.9 Å². The summed E-state index contributed by atoms with van der Waals surface area (Å²) in [7, 11) is 0. The lowest BCUT2D eigenvalue weighted by Crippen LogP contribution is -2.02. The summed E-state index contributed by atoms with van der Waals surface area (Å²) in [4.78, 5) is 0. The number of aliphatic hydroxyl groups excluding tert-OH is 1. The fourth-order valence-electron chi connectivity index (χ4n) is 1.44. The van der Waals surface area contributed by atoms with Crippen LogP contribution in [0.2, 0.25) is 0 Å². The average Bonchev–Trinajstić information content (AvgIpc) is 2.38. The van der Waals surface area contributed by atoms with Gasteiger partial charge in [-0.05, 0) is 31.2 Å². The summed E-state index contributed by atoms with van der Waals surface area (Å²) in [6.07, 6.45) is 0. The van der Waals surface area contributed by atoms with E-state index in [4.69, 9.17) is 20.9 Å². The second-order valence-electron chi connectivity index (χ2n) is 3.47. The minimum Gasteiger partial charge on any atom is -0.395 e. The molecule has 0 fully saturated rings. The Morgan fingerprint density at radius 1 is 1.22 bits per heavy atom. The maximum atomic E-state index is 9.52. The number of hydrogen-bond acceptors (Lipinski definition) is 5. The van der Waals surface area contributed by atoms with Crippen molar-refractivity contribution in [3.63, 3.8) is 0 Å². The largest absolute Gasteiger partial charge is 0.395 e. The van der Waals surface area contributed by atoms with Crippen molar-refractivity contribution in [2.24, 2.45) is 0 Å². The average molecular weight is 306 g/mol. The van der Waals surface area contributed by atoms with Gasteiger partial charge in [-0.25, -0.2) is 0 Å².